The van der Waals surface area contributed by atoms with Crippen molar-refractivity contribution in [2.75, 3.05) is 0 Å². The van der Waals surface area contributed by atoms with Crippen LogP contribution < -0.4 is 0 Å². The van der Waals surface area contributed by atoms with E-state index in [4.69, 9.17) is 0 Å². The molecule has 0 bridgehead atoms. The SMILES string of the molecule is C.[S]=[Mo].[SbH3]. The Morgan fingerprint density at radius 3 is 1.25 bits per heavy atom. The molecule has 0 heterocycles. The summed E-state index contributed by atoms with van der Waals surface area (Å²) in [6, 6.07) is 0. The van der Waals surface area contributed by atoms with E-state index < -0.39 is 0 Å². The molecule has 0 atom stereocenters. The molecule has 0 fully saturated rings. The van der Waals surface area contributed by atoms with Crippen LogP contribution in [0, 0.1) is 0 Å². The first-order valence-corrected chi connectivity index (χ1v) is 2.96. The van der Waals surface area contributed by atoms with Gasteiger partial charge < -0.3 is 0 Å². The van der Waals surface area contributed by atoms with E-state index in [9.17, 15) is 0 Å². The molecule has 0 saturated heterocycles. The van der Waals surface area contributed by atoms with Crippen molar-refractivity contribution in [3.63, 3.8) is 0 Å². The topological polar surface area (TPSA) is 0 Å². The molecule has 0 N–H and O–H groups in total. The zero-order valence-corrected chi connectivity index (χ0v) is 8.38. The van der Waals surface area contributed by atoms with Crippen molar-refractivity contribution in [3.05, 3.63) is 0 Å². The van der Waals surface area contributed by atoms with Crippen LogP contribution in [-0.2, 0) is 18.0 Å². The van der Waals surface area contributed by atoms with Gasteiger partial charge in [-0.25, -0.2) is 0 Å². The Morgan fingerprint density at radius 1 is 1.25 bits per heavy atom. The molecular formula is CH7MoSSb. The predicted octanol–water partition coefficient (Wildman–Crippen LogP) is 0.0979. The summed E-state index contributed by atoms with van der Waals surface area (Å²) in [6.45, 7) is 0. The molecule has 4 heavy (non-hydrogen) atoms. The molecule has 0 saturated carbocycles. The summed E-state index contributed by atoms with van der Waals surface area (Å²) in [4.78, 5) is 0. The van der Waals surface area contributed by atoms with Gasteiger partial charge in [0.1, 0.15) is 0 Å². The third kappa shape index (κ3) is 9.29. The minimum absolute atomic E-state index is 0. The van der Waals surface area contributed by atoms with Gasteiger partial charge in [0, 0.05) is 0 Å². The van der Waals surface area contributed by atoms with Crippen molar-refractivity contribution in [2.45, 2.75) is 7.43 Å². The van der Waals surface area contributed by atoms with E-state index in [1.54, 1.807) is 0 Å². The fraction of sp³-hybridized carbons (Fsp3) is 1.00. The molecule has 3 heteroatoms. The normalized spacial score (nSPS) is 1.00. The third-order valence-corrected chi connectivity index (χ3v) is 0. The first-order chi connectivity index (χ1) is 1.00. The Labute approximate surface area is 59.1 Å². The molecular weight excluding hydrogens is 262 g/mol. The van der Waals surface area contributed by atoms with Gasteiger partial charge in [-0.2, -0.15) is 0 Å². The number of rotatable bonds is 0. The van der Waals surface area contributed by atoms with Gasteiger partial charge in [0.15, 0.2) is 0 Å². The van der Waals surface area contributed by atoms with Gasteiger partial charge in [-0.1, -0.05) is 7.43 Å². The van der Waals surface area contributed by atoms with E-state index in [0.29, 0.717) is 0 Å². The zero-order chi connectivity index (χ0) is 2.00. The maximum atomic E-state index is 4.09. The van der Waals surface area contributed by atoms with Crippen LogP contribution in [-0.4, -0.2) is 24.4 Å². The fourth-order valence-electron chi connectivity index (χ4n) is 0. The molecule has 0 aromatic heterocycles. The second kappa shape index (κ2) is 22.0. The monoisotopic (exact) mass is 270 g/mol. The molecule has 28 valence electrons. The maximum absolute atomic E-state index is 4.09. The minimum atomic E-state index is 0. The predicted molar refractivity (Wildman–Crippen MR) is 24.3 cm³/mol. The molecule has 0 spiro atoms. The average molecular weight is 269 g/mol. The van der Waals surface area contributed by atoms with E-state index in [0.717, 1.165) is 0 Å². The van der Waals surface area contributed by atoms with E-state index in [-0.39, 0.29) is 31.9 Å². The van der Waals surface area contributed by atoms with Gasteiger partial charge in [0.2, 0.25) is 0 Å². The van der Waals surface area contributed by atoms with Gasteiger partial charge in [-0.3, -0.25) is 0 Å². The summed E-state index contributed by atoms with van der Waals surface area (Å²) < 4.78 is 0. The van der Waals surface area contributed by atoms with Crippen LogP contribution in [0.15, 0.2) is 0 Å². The van der Waals surface area contributed by atoms with Crippen molar-refractivity contribution in [1.82, 2.24) is 0 Å². The second-order valence-corrected chi connectivity index (χ2v) is 0. The molecule has 0 nitrogen and oxygen atoms in total. The second-order valence-electron chi connectivity index (χ2n) is 0. The molecule has 0 aliphatic rings. The summed E-state index contributed by atoms with van der Waals surface area (Å²) in [5, 5.41) is 0. The average Bonchev–Trinajstić information content (AvgIpc) is 1.00. The summed E-state index contributed by atoms with van der Waals surface area (Å²) in [7, 11) is 4.09. The van der Waals surface area contributed by atoms with Crippen LogP contribution in [0.4, 0.5) is 0 Å². The third-order valence-electron chi connectivity index (χ3n) is 0. The van der Waals surface area contributed by atoms with E-state index in [1.807, 2.05) is 0 Å². The Hall–Kier alpha value is 1.73. The van der Waals surface area contributed by atoms with Crippen LogP contribution >= 0.6 is 9.82 Å². The standard InChI is InChI=1S/CH4.Mo.S.Sb.3H/h1H4;;;;;;. The van der Waals surface area contributed by atoms with Crippen molar-refractivity contribution in [1.29, 1.82) is 0 Å². The number of hydrogen-bond donors (Lipinski definition) is 0. The van der Waals surface area contributed by atoms with Crippen LogP contribution in [0.2, 0.25) is 0 Å². The van der Waals surface area contributed by atoms with Crippen LogP contribution in [0.1, 0.15) is 7.43 Å². The van der Waals surface area contributed by atoms with E-state index in [2.05, 4.69) is 9.82 Å². The Balaban J connectivity index is -0.00000000500. The van der Waals surface area contributed by atoms with E-state index >= 15 is 0 Å². The van der Waals surface area contributed by atoms with Crippen molar-refractivity contribution in [2.24, 2.45) is 0 Å². The molecule has 0 aromatic carbocycles. The van der Waals surface area contributed by atoms with E-state index in [1.165, 1.54) is 18.0 Å². The first kappa shape index (κ1) is 17.2. The molecule has 0 radical (unpaired) electrons. The van der Waals surface area contributed by atoms with Gasteiger partial charge >= 0.3 is 52.2 Å². The molecule has 0 aliphatic heterocycles. The van der Waals surface area contributed by atoms with Gasteiger partial charge in [-0.15, -0.1) is 0 Å². The quantitative estimate of drug-likeness (QED) is 0.562. The Morgan fingerprint density at radius 2 is 1.25 bits per heavy atom. The van der Waals surface area contributed by atoms with Crippen molar-refractivity contribution >= 4 is 34.2 Å². The van der Waals surface area contributed by atoms with Crippen LogP contribution in [0.25, 0.3) is 0 Å². The number of hydrogen-bond acceptors (Lipinski definition) is 1. The summed E-state index contributed by atoms with van der Waals surface area (Å²) in [5.74, 6) is 0. The van der Waals surface area contributed by atoms with Crippen molar-refractivity contribution < 1.29 is 18.0 Å². The van der Waals surface area contributed by atoms with Gasteiger partial charge in [0.25, 0.3) is 0 Å². The summed E-state index contributed by atoms with van der Waals surface area (Å²) in [5.41, 5.74) is 0. The van der Waals surface area contributed by atoms with Crippen LogP contribution in [0.5, 0.6) is 0 Å². The van der Waals surface area contributed by atoms with Gasteiger partial charge in [-0.05, 0) is 0 Å². The first-order valence-electron chi connectivity index (χ1n) is 0.167. The Kier molecular flexibility index (Phi) is 94.7. The summed E-state index contributed by atoms with van der Waals surface area (Å²) in [6.07, 6.45) is 0. The molecule has 0 rings (SSSR count). The van der Waals surface area contributed by atoms with Crippen molar-refractivity contribution in [3.8, 4) is 0 Å². The molecule has 0 aliphatic carbocycles. The molecule has 0 amide bonds. The zero-order valence-electron chi connectivity index (χ0n) is 1.52. The molecule has 0 unspecified atom stereocenters. The van der Waals surface area contributed by atoms with Gasteiger partial charge in [0.05, 0.1) is 0 Å². The van der Waals surface area contributed by atoms with Crippen LogP contribution in [0.3, 0.4) is 0 Å². The summed E-state index contributed by atoms with van der Waals surface area (Å²) >= 11 is 1.53. The fourth-order valence-corrected chi connectivity index (χ4v) is 0. The molecule has 0 aromatic rings. The Bertz CT molecular complexity index is 8.00.